The molecular formula is C14H24FNO3. The second kappa shape index (κ2) is 4.62. The van der Waals surface area contributed by atoms with Gasteiger partial charge in [0, 0.05) is 18.5 Å². The number of alkyl halides is 1. The molecule has 1 aliphatic carbocycles. The van der Waals surface area contributed by atoms with Crippen LogP contribution in [-0.2, 0) is 4.74 Å². The molecule has 1 saturated carbocycles. The second-order valence-corrected chi connectivity index (χ2v) is 7.15. The summed E-state index contributed by atoms with van der Waals surface area (Å²) >= 11 is 0. The smallest absolute Gasteiger partial charge is 0.410 e. The maximum atomic E-state index is 13.9. The Morgan fingerprint density at radius 2 is 1.79 bits per heavy atom. The third kappa shape index (κ3) is 3.19. The van der Waals surface area contributed by atoms with Gasteiger partial charge in [-0.1, -0.05) is 0 Å². The highest BCUT2D eigenvalue weighted by Crippen LogP contribution is 2.48. The molecule has 0 aromatic heterocycles. The van der Waals surface area contributed by atoms with Gasteiger partial charge < -0.3 is 14.7 Å². The lowest BCUT2D eigenvalue weighted by molar-refractivity contribution is -0.0807. The van der Waals surface area contributed by atoms with Crippen molar-refractivity contribution in [3.8, 4) is 0 Å². The van der Waals surface area contributed by atoms with Crippen LogP contribution < -0.4 is 0 Å². The molecule has 1 spiro atoms. The van der Waals surface area contributed by atoms with Crippen molar-refractivity contribution in [2.24, 2.45) is 5.41 Å². The summed E-state index contributed by atoms with van der Waals surface area (Å²) in [7, 11) is 0. The highest BCUT2D eigenvalue weighted by atomic mass is 19.1. The van der Waals surface area contributed by atoms with Crippen LogP contribution in [-0.4, -0.2) is 47.1 Å². The molecule has 19 heavy (non-hydrogen) atoms. The third-order valence-corrected chi connectivity index (χ3v) is 4.19. The molecule has 110 valence electrons. The van der Waals surface area contributed by atoms with Gasteiger partial charge >= 0.3 is 6.09 Å². The molecule has 0 aromatic carbocycles. The standard InChI is InChI=1S/C14H24FNO3/c1-12(2,3)19-11(18)16-8-13(9-16)4-6-14(15,10-17)7-5-13/h17H,4-10H2,1-3H3. The summed E-state index contributed by atoms with van der Waals surface area (Å²) in [5, 5.41) is 9.02. The number of rotatable bonds is 1. The number of carbonyl (C=O) groups is 1. The minimum Gasteiger partial charge on any atom is -0.444 e. The zero-order chi connectivity index (χ0) is 14.3. The number of likely N-dealkylation sites (tertiary alicyclic amines) is 1. The van der Waals surface area contributed by atoms with Gasteiger partial charge in [-0.05, 0) is 46.5 Å². The van der Waals surface area contributed by atoms with Crippen molar-refractivity contribution in [2.45, 2.75) is 57.7 Å². The van der Waals surface area contributed by atoms with Crippen molar-refractivity contribution in [1.82, 2.24) is 4.90 Å². The predicted octanol–water partition coefficient (Wildman–Crippen LogP) is 2.50. The number of hydrogen-bond donors (Lipinski definition) is 1. The molecule has 1 N–H and O–H groups in total. The first kappa shape index (κ1) is 14.6. The van der Waals surface area contributed by atoms with E-state index in [0.29, 0.717) is 25.9 Å². The van der Waals surface area contributed by atoms with Gasteiger partial charge in [-0.25, -0.2) is 9.18 Å². The lowest BCUT2D eigenvalue weighted by atomic mass is 9.65. The zero-order valence-corrected chi connectivity index (χ0v) is 12.0. The van der Waals surface area contributed by atoms with E-state index in [1.54, 1.807) is 4.90 Å². The number of amides is 1. The van der Waals surface area contributed by atoms with Crippen LogP contribution in [0.5, 0.6) is 0 Å². The van der Waals surface area contributed by atoms with E-state index in [-0.39, 0.29) is 11.5 Å². The van der Waals surface area contributed by atoms with Crippen LogP contribution in [0, 0.1) is 5.41 Å². The van der Waals surface area contributed by atoms with E-state index in [1.807, 2.05) is 20.8 Å². The molecule has 0 radical (unpaired) electrons. The molecule has 1 aliphatic heterocycles. The van der Waals surface area contributed by atoms with Crippen LogP contribution in [0.3, 0.4) is 0 Å². The minimum atomic E-state index is -1.41. The Hall–Kier alpha value is -0.840. The molecule has 0 aromatic rings. The summed E-state index contributed by atoms with van der Waals surface area (Å²) in [4.78, 5) is 13.5. The second-order valence-electron chi connectivity index (χ2n) is 7.15. The Morgan fingerprint density at radius 1 is 1.26 bits per heavy atom. The minimum absolute atomic E-state index is 0.0572. The van der Waals surface area contributed by atoms with Crippen LogP contribution in [0.15, 0.2) is 0 Å². The van der Waals surface area contributed by atoms with Gasteiger partial charge in [0.15, 0.2) is 0 Å². The lowest BCUT2D eigenvalue weighted by Gasteiger charge is -2.53. The monoisotopic (exact) mass is 273 g/mol. The number of hydrogen-bond acceptors (Lipinski definition) is 3. The first-order valence-corrected chi connectivity index (χ1v) is 6.95. The average molecular weight is 273 g/mol. The predicted molar refractivity (Wildman–Crippen MR) is 69.6 cm³/mol. The van der Waals surface area contributed by atoms with Gasteiger partial charge in [0.1, 0.15) is 11.3 Å². The van der Waals surface area contributed by atoms with Crippen LogP contribution in [0.25, 0.3) is 0 Å². The Morgan fingerprint density at radius 3 is 2.21 bits per heavy atom. The molecular weight excluding hydrogens is 249 g/mol. The number of ether oxygens (including phenoxy) is 1. The molecule has 1 amide bonds. The fourth-order valence-corrected chi connectivity index (χ4v) is 2.92. The number of aliphatic hydroxyl groups is 1. The van der Waals surface area contributed by atoms with Gasteiger partial charge in [-0.3, -0.25) is 0 Å². The van der Waals surface area contributed by atoms with E-state index < -0.39 is 17.9 Å². The molecule has 5 heteroatoms. The zero-order valence-electron chi connectivity index (χ0n) is 12.0. The van der Waals surface area contributed by atoms with Crippen molar-refractivity contribution in [1.29, 1.82) is 0 Å². The van der Waals surface area contributed by atoms with Crippen molar-refractivity contribution < 1.29 is 19.0 Å². The van der Waals surface area contributed by atoms with E-state index in [0.717, 1.165) is 12.8 Å². The summed E-state index contributed by atoms with van der Waals surface area (Å²) in [6.45, 7) is 6.46. The fourth-order valence-electron chi connectivity index (χ4n) is 2.92. The van der Waals surface area contributed by atoms with Gasteiger partial charge in [0.25, 0.3) is 0 Å². The molecule has 0 unspecified atom stereocenters. The van der Waals surface area contributed by atoms with Crippen LogP contribution >= 0.6 is 0 Å². The highest BCUT2D eigenvalue weighted by Gasteiger charge is 2.51. The van der Waals surface area contributed by atoms with E-state index in [4.69, 9.17) is 9.84 Å². The van der Waals surface area contributed by atoms with Gasteiger partial charge in [-0.15, -0.1) is 0 Å². The lowest BCUT2D eigenvalue weighted by Crippen LogP contribution is -2.61. The molecule has 2 aliphatic rings. The number of nitrogens with zero attached hydrogens (tertiary/aromatic N) is 1. The maximum Gasteiger partial charge on any atom is 0.410 e. The number of halogens is 1. The molecule has 1 saturated heterocycles. The van der Waals surface area contributed by atoms with Crippen molar-refractivity contribution in [2.75, 3.05) is 19.7 Å². The first-order chi connectivity index (χ1) is 8.67. The summed E-state index contributed by atoms with van der Waals surface area (Å²) in [6, 6.07) is 0. The Labute approximate surface area is 113 Å². The average Bonchev–Trinajstić information content (AvgIpc) is 2.25. The van der Waals surface area contributed by atoms with E-state index in [2.05, 4.69) is 0 Å². The van der Waals surface area contributed by atoms with E-state index >= 15 is 0 Å². The molecule has 2 rings (SSSR count). The summed E-state index contributed by atoms with van der Waals surface area (Å²) in [6.07, 6.45) is 1.99. The molecule has 0 atom stereocenters. The largest absolute Gasteiger partial charge is 0.444 e. The van der Waals surface area contributed by atoms with E-state index in [9.17, 15) is 9.18 Å². The van der Waals surface area contributed by atoms with E-state index in [1.165, 1.54) is 0 Å². The normalized spacial score (nSPS) is 25.0. The SMILES string of the molecule is CC(C)(C)OC(=O)N1CC2(CCC(F)(CO)CC2)C1. The van der Waals surface area contributed by atoms with Crippen molar-refractivity contribution in [3.63, 3.8) is 0 Å². The molecule has 4 nitrogen and oxygen atoms in total. The quantitative estimate of drug-likeness (QED) is 0.798. The van der Waals surface area contributed by atoms with Crippen LogP contribution in [0.4, 0.5) is 9.18 Å². The summed E-state index contributed by atoms with van der Waals surface area (Å²) < 4.78 is 19.2. The Balaban J connectivity index is 1.82. The van der Waals surface area contributed by atoms with Gasteiger partial charge in [0.05, 0.1) is 6.61 Å². The Bertz CT molecular complexity index is 348. The van der Waals surface area contributed by atoms with Gasteiger partial charge in [-0.2, -0.15) is 0 Å². The first-order valence-electron chi connectivity index (χ1n) is 6.95. The van der Waals surface area contributed by atoms with Crippen LogP contribution in [0.2, 0.25) is 0 Å². The fraction of sp³-hybridized carbons (Fsp3) is 0.929. The number of carbonyl (C=O) groups excluding carboxylic acids is 1. The highest BCUT2D eigenvalue weighted by molar-refractivity contribution is 5.69. The van der Waals surface area contributed by atoms with Crippen molar-refractivity contribution >= 4 is 6.09 Å². The maximum absolute atomic E-state index is 13.9. The molecule has 1 heterocycles. The molecule has 0 bridgehead atoms. The van der Waals surface area contributed by atoms with Crippen LogP contribution in [0.1, 0.15) is 46.5 Å². The summed E-state index contributed by atoms with van der Waals surface area (Å²) in [5.41, 5.74) is -1.82. The third-order valence-electron chi connectivity index (χ3n) is 4.19. The Kier molecular flexibility index (Phi) is 3.54. The van der Waals surface area contributed by atoms with Crippen molar-refractivity contribution in [3.05, 3.63) is 0 Å². The molecule has 2 fully saturated rings. The number of aliphatic hydroxyl groups excluding tert-OH is 1. The van der Waals surface area contributed by atoms with Gasteiger partial charge in [0.2, 0.25) is 0 Å². The summed E-state index contributed by atoms with van der Waals surface area (Å²) in [5.74, 6) is 0. The topological polar surface area (TPSA) is 49.8 Å².